The molecule has 4 heteroatoms. The molecule has 3 nitrogen and oxygen atoms in total. The van der Waals surface area contributed by atoms with Gasteiger partial charge in [-0.1, -0.05) is 24.3 Å². The topological polar surface area (TPSA) is 41.1 Å². The van der Waals surface area contributed by atoms with E-state index in [1.807, 2.05) is 12.1 Å². The van der Waals surface area contributed by atoms with E-state index in [0.29, 0.717) is 0 Å². The molecule has 1 atom stereocenters. The van der Waals surface area contributed by atoms with Crippen LogP contribution in [-0.4, -0.2) is 25.5 Å². The average Bonchev–Trinajstić information content (AvgIpc) is 2.85. The van der Waals surface area contributed by atoms with Gasteiger partial charge in [-0.15, -0.1) is 12.4 Å². The minimum Gasteiger partial charge on any atom is -0.355 e. The lowest BCUT2D eigenvalue weighted by Crippen LogP contribution is -2.33. The van der Waals surface area contributed by atoms with Gasteiger partial charge < -0.3 is 10.6 Å². The van der Waals surface area contributed by atoms with Gasteiger partial charge in [0.15, 0.2) is 0 Å². The largest absolute Gasteiger partial charge is 0.355 e. The molecule has 1 fully saturated rings. The third kappa shape index (κ3) is 4.00. The fourth-order valence-electron chi connectivity index (χ4n) is 2.23. The molecule has 1 aromatic rings. The Morgan fingerprint density at radius 3 is 2.89 bits per heavy atom. The van der Waals surface area contributed by atoms with Crippen LogP contribution in [0.2, 0.25) is 0 Å². The maximum atomic E-state index is 11.8. The number of amides is 1. The Labute approximate surface area is 115 Å². The molecule has 18 heavy (non-hydrogen) atoms. The normalized spacial score (nSPS) is 18.2. The smallest absolute Gasteiger partial charge is 0.224 e. The SMILES string of the molecule is Cc1ccccc1CCNC(=O)C1CCNC1.Cl. The number of rotatable bonds is 4. The molecule has 0 saturated carbocycles. The second-order valence-corrected chi connectivity index (χ2v) is 4.66. The first kappa shape index (κ1) is 15.0. The van der Waals surface area contributed by atoms with E-state index < -0.39 is 0 Å². The summed E-state index contributed by atoms with van der Waals surface area (Å²) >= 11 is 0. The summed E-state index contributed by atoms with van der Waals surface area (Å²) in [5.74, 6) is 0.371. The summed E-state index contributed by atoms with van der Waals surface area (Å²) in [6, 6.07) is 8.32. The van der Waals surface area contributed by atoms with Crippen molar-refractivity contribution >= 4 is 18.3 Å². The highest BCUT2D eigenvalue weighted by atomic mass is 35.5. The molecule has 2 N–H and O–H groups in total. The first-order valence-electron chi connectivity index (χ1n) is 6.30. The molecule has 1 heterocycles. The van der Waals surface area contributed by atoms with Crippen LogP contribution in [0.3, 0.4) is 0 Å². The van der Waals surface area contributed by atoms with E-state index in [1.54, 1.807) is 0 Å². The number of aryl methyl sites for hydroxylation is 1. The highest BCUT2D eigenvalue weighted by molar-refractivity contribution is 5.85. The molecule has 1 aliphatic rings. The molecule has 0 aliphatic carbocycles. The first-order valence-corrected chi connectivity index (χ1v) is 6.30. The van der Waals surface area contributed by atoms with Gasteiger partial charge in [0.25, 0.3) is 0 Å². The Balaban J connectivity index is 0.00000162. The minimum atomic E-state index is 0. The van der Waals surface area contributed by atoms with Crippen molar-refractivity contribution in [1.82, 2.24) is 10.6 Å². The molecule has 0 aromatic heterocycles. The monoisotopic (exact) mass is 268 g/mol. The third-order valence-corrected chi connectivity index (χ3v) is 3.39. The highest BCUT2D eigenvalue weighted by Gasteiger charge is 2.21. The van der Waals surface area contributed by atoms with E-state index in [-0.39, 0.29) is 24.2 Å². The lowest BCUT2D eigenvalue weighted by atomic mass is 10.1. The molecule has 0 bridgehead atoms. The van der Waals surface area contributed by atoms with Gasteiger partial charge in [-0.05, 0) is 37.4 Å². The number of benzene rings is 1. The minimum absolute atomic E-state index is 0. The van der Waals surface area contributed by atoms with Crippen molar-refractivity contribution in [1.29, 1.82) is 0 Å². The molecular formula is C14H21ClN2O. The van der Waals surface area contributed by atoms with E-state index >= 15 is 0 Å². The summed E-state index contributed by atoms with van der Waals surface area (Å²) in [4.78, 5) is 11.8. The molecule has 0 spiro atoms. The number of hydrogen-bond acceptors (Lipinski definition) is 2. The third-order valence-electron chi connectivity index (χ3n) is 3.39. The number of halogens is 1. The highest BCUT2D eigenvalue weighted by Crippen LogP contribution is 2.09. The zero-order valence-corrected chi connectivity index (χ0v) is 11.6. The van der Waals surface area contributed by atoms with Gasteiger partial charge in [0.05, 0.1) is 5.92 Å². The zero-order chi connectivity index (χ0) is 12.1. The molecule has 1 saturated heterocycles. The van der Waals surface area contributed by atoms with Gasteiger partial charge in [0.2, 0.25) is 5.91 Å². The summed E-state index contributed by atoms with van der Waals surface area (Å²) < 4.78 is 0. The Kier molecular flexibility index (Phi) is 6.16. The van der Waals surface area contributed by atoms with Gasteiger partial charge in [-0.25, -0.2) is 0 Å². The molecule has 100 valence electrons. The summed E-state index contributed by atoms with van der Waals surface area (Å²) in [7, 11) is 0. The molecule has 1 unspecified atom stereocenters. The van der Waals surface area contributed by atoms with Crippen LogP contribution in [0.25, 0.3) is 0 Å². The fraction of sp³-hybridized carbons (Fsp3) is 0.500. The lowest BCUT2D eigenvalue weighted by Gasteiger charge is -2.10. The van der Waals surface area contributed by atoms with E-state index in [2.05, 4.69) is 29.7 Å². The van der Waals surface area contributed by atoms with Crippen molar-refractivity contribution < 1.29 is 4.79 Å². The van der Waals surface area contributed by atoms with Crippen molar-refractivity contribution in [3.05, 3.63) is 35.4 Å². The summed E-state index contributed by atoms with van der Waals surface area (Å²) in [5, 5.41) is 6.23. The number of carbonyl (C=O) groups excluding carboxylic acids is 1. The Morgan fingerprint density at radius 2 is 2.22 bits per heavy atom. The van der Waals surface area contributed by atoms with Crippen LogP contribution in [0, 0.1) is 12.8 Å². The second-order valence-electron chi connectivity index (χ2n) is 4.66. The molecular weight excluding hydrogens is 248 g/mol. The van der Waals surface area contributed by atoms with Gasteiger partial charge in [0.1, 0.15) is 0 Å². The molecule has 1 aromatic carbocycles. The Bertz CT molecular complexity index is 389. The van der Waals surface area contributed by atoms with Crippen LogP contribution < -0.4 is 10.6 Å². The predicted molar refractivity (Wildman–Crippen MR) is 76.1 cm³/mol. The molecule has 1 aliphatic heterocycles. The van der Waals surface area contributed by atoms with Gasteiger partial charge in [-0.2, -0.15) is 0 Å². The van der Waals surface area contributed by atoms with Gasteiger partial charge in [-0.3, -0.25) is 4.79 Å². The quantitative estimate of drug-likeness (QED) is 0.873. The van der Waals surface area contributed by atoms with Crippen molar-refractivity contribution in [2.24, 2.45) is 5.92 Å². The number of hydrogen-bond donors (Lipinski definition) is 2. The van der Waals surface area contributed by atoms with Crippen LogP contribution in [0.5, 0.6) is 0 Å². The van der Waals surface area contributed by atoms with Gasteiger partial charge in [0, 0.05) is 13.1 Å². The number of nitrogens with one attached hydrogen (secondary N) is 2. The van der Waals surface area contributed by atoms with E-state index in [9.17, 15) is 4.79 Å². The summed E-state index contributed by atoms with van der Waals surface area (Å²) in [6.45, 7) is 4.64. The predicted octanol–water partition coefficient (Wildman–Crippen LogP) is 1.69. The molecule has 1 amide bonds. The summed E-state index contributed by atoms with van der Waals surface area (Å²) in [6.07, 6.45) is 1.88. The van der Waals surface area contributed by atoms with Crippen LogP contribution in [0.4, 0.5) is 0 Å². The standard InChI is InChI=1S/C14H20N2O.ClH/c1-11-4-2-3-5-12(11)7-9-16-14(17)13-6-8-15-10-13;/h2-5,13,15H,6-10H2,1H3,(H,16,17);1H. The Hall–Kier alpha value is -1.06. The van der Waals surface area contributed by atoms with Crippen LogP contribution in [-0.2, 0) is 11.2 Å². The molecule has 0 radical (unpaired) electrons. The van der Waals surface area contributed by atoms with Crippen molar-refractivity contribution in [3.8, 4) is 0 Å². The number of carbonyl (C=O) groups is 1. The lowest BCUT2D eigenvalue weighted by molar-refractivity contribution is -0.124. The fourth-order valence-corrected chi connectivity index (χ4v) is 2.23. The second kappa shape index (κ2) is 7.39. The van der Waals surface area contributed by atoms with Crippen molar-refractivity contribution in [2.45, 2.75) is 19.8 Å². The van der Waals surface area contributed by atoms with E-state index in [1.165, 1.54) is 11.1 Å². The Morgan fingerprint density at radius 1 is 1.44 bits per heavy atom. The molecule has 2 rings (SSSR count). The van der Waals surface area contributed by atoms with Crippen LogP contribution >= 0.6 is 12.4 Å². The van der Waals surface area contributed by atoms with Crippen LogP contribution in [0.15, 0.2) is 24.3 Å². The first-order chi connectivity index (χ1) is 8.27. The maximum absolute atomic E-state index is 11.8. The van der Waals surface area contributed by atoms with Crippen molar-refractivity contribution in [2.75, 3.05) is 19.6 Å². The maximum Gasteiger partial charge on any atom is 0.224 e. The van der Waals surface area contributed by atoms with E-state index in [4.69, 9.17) is 0 Å². The zero-order valence-electron chi connectivity index (χ0n) is 10.7. The summed E-state index contributed by atoms with van der Waals surface area (Å²) in [5.41, 5.74) is 2.61. The van der Waals surface area contributed by atoms with Crippen molar-refractivity contribution in [3.63, 3.8) is 0 Å². The van der Waals surface area contributed by atoms with Crippen LogP contribution in [0.1, 0.15) is 17.5 Å². The van der Waals surface area contributed by atoms with E-state index in [0.717, 1.165) is 32.5 Å². The van der Waals surface area contributed by atoms with Gasteiger partial charge >= 0.3 is 0 Å². The average molecular weight is 269 g/mol.